The number of nitrogens with one attached hydrogen (secondary N) is 1. The van der Waals surface area contributed by atoms with Crippen molar-refractivity contribution in [2.24, 2.45) is 0 Å². The van der Waals surface area contributed by atoms with Crippen molar-refractivity contribution in [2.45, 2.75) is 19.4 Å². The number of anilines is 1. The average molecular weight is 287 g/mol. The maximum Gasteiger partial charge on any atom is 0.178 e. The van der Waals surface area contributed by atoms with Gasteiger partial charge in [0.1, 0.15) is 0 Å². The Morgan fingerprint density at radius 2 is 2.00 bits per heavy atom. The molecule has 0 radical (unpaired) electrons. The first-order valence-corrected chi connectivity index (χ1v) is 6.32. The molecule has 0 amide bonds. The molecular formula is C12H12Cl2N2S. The van der Waals surface area contributed by atoms with Crippen LogP contribution in [0.4, 0.5) is 5.69 Å². The van der Waals surface area contributed by atoms with E-state index in [4.69, 9.17) is 35.4 Å². The Hall–Kier alpha value is -0.770. The first-order valence-electron chi connectivity index (χ1n) is 5.15. The summed E-state index contributed by atoms with van der Waals surface area (Å²) in [7, 11) is 0. The highest BCUT2D eigenvalue weighted by Gasteiger charge is 2.25. The number of benzene rings is 1. The number of hydrogen-bond acceptors (Lipinski definition) is 1. The molecule has 90 valence electrons. The zero-order valence-corrected chi connectivity index (χ0v) is 11.8. The maximum absolute atomic E-state index is 6.17. The SMILES string of the molecule is CC1(C)C=CN(c2cccc(Cl)c2Cl)C(=S)N1. The van der Waals surface area contributed by atoms with Crippen LogP contribution in [-0.4, -0.2) is 10.7 Å². The molecule has 1 aromatic rings. The summed E-state index contributed by atoms with van der Waals surface area (Å²) in [5, 5.41) is 4.85. The minimum Gasteiger partial charge on any atom is -0.354 e. The molecule has 0 fully saturated rings. The predicted molar refractivity (Wildman–Crippen MR) is 77.9 cm³/mol. The van der Waals surface area contributed by atoms with Crippen LogP contribution in [0.2, 0.25) is 10.0 Å². The van der Waals surface area contributed by atoms with Crippen LogP contribution in [0, 0.1) is 0 Å². The summed E-state index contributed by atoms with van der Waals surface area (Å²) in [5.74, 6) is 0. The topological polar surface area (TPSA) is 15.3 Å². The van der Waals surface area contributed by atoms with Crippen molar-refractivity contribution < 1.29 is 0 Å². The van der Waals surface area contributed by atoms with Gasteiger partial charge in [0.05, 0.1) is 21.3 Å². The molecule has 5 heteroatoms. The van der Waals surface area contributed by atoms with Crippen molar-refractivity contribution in [3.05, 3.63) is 40.5 Å². The zero-order chi connectivity index (χ0) is 12.6. The Bertz CT molecular complexity index is 497. The highest BCUT2D eigenvalue weighted by Crippen LogP contribution is 2.33. The van der Waals surface area contributed by atoms with E-state index in [9.17, 15) is 0 Å². The monoisotopic (exact) mass is 286 g/mol. The minimum absolute atomic E-state index is 0.140. The molecule has 17 heavy (non-hydrogen) atoms. The third kappa shape index (κ3) is 2.57. The normalized spacial score (nSPS) is 18.1. The molecular weight excluding hydrogens is 275 g/mol. The van der Waals surface area contributed by atoms with Gasteiger partial charge in [-0.3, -0.25) is 4.90 Å². The predicted octanol–water partition coefficient (Wildman–Crippen LogP) is 3.98. The second-order valence-corrected chi connectivity index (χ2v) is 5.58. The van der Waals surface area contributed by atoms with Crippen molar-refractivity contribution in [1.29, 1.82) is 0 Å². The number of halogens is 2. The lowest BCUT2D eigenvalue weighted by atomic mass is 10.0. The largest absolute Gasteiger partial charge is 0.354 e. The van der Waals surface area contributed by atoms with E-state index in [1.807, 2.05) is 43.2 Å². The fourth-order valence-corrected chi connectivity index (χ4v) is 2.38. The molecule has 0 aromatic heterocycles. The molecule has 1 heterocycles. The summed E-state index contributed by atoms with van der Waals surface area (Å²) in [5.41, 5.74) is 0.641. The van der Waals surface area contributed by atoms with Crippen LogP contribution in [0.15, 0.2) is 30.5 Å². The summed E-state index contributed by atoms with van der Waals surface area (Å²) < 4.78 is 0. The van der Waals surface area contributed by atoms with Gasteiger partial charge in [-0.1, -0.05) is 29.3 Å². The molecule has 2 nitrogen and oxygen atoms in total. The van der Waals surface area contributed by atoms with Gasteiger partial charge in [-0.2, -0.15) is 0 Å². The van der Waals surface area contributed by atoms with E-state index >= 15 is 0 Å². The lowest BCUT2D eigenvalue weighted by Gasteiger charge is -2.35. The van der Waals surface area contributed by atoms with Gasteiger partial charge in [-0.15, -0.1) is 0 Å². The van der Waals surface area contributed by atoms with E-state index in [1.54, 1.807) is 6.07 Å². The molecule has 0 saturated heterocycles. The number of rotatable bonds is 1. The molecule has 1 aliphatic heterocycles. The standard InChI is InChI=1S/C12H12Cl2N2S/c1-12(2)6-7-16(11(17)15-12)9-5-3-4-8(13)10(9)14/h3-7H,1-2H3,(H,15,17). The third-order valence-corrected chi connectivity index (χ3v) is 3.59. The summed E-state index contributed by atoms with van der Waals surface area (Å²) in [4.78, 5) is 1.81. The van der Waals surface area contributed by atoms with Crippen LogP contribution in [0.3, 0.4) is 0 Å². The van der Waals surface area contributed by atoms with Gasteiger partial charge in [0.2, 0.25) is 0 Å². The van der Waals surface area contributed by atoms with Crippen LogP contribution in [0.25, 0.3) is 0 Å². The van der Waals surface area contributed by atoms with Crippen molar-refractivity contribution in [1.82, 2.24) is 5.32 Å². The molecule has 1 N–H and O–H groups in total. The van der Waals surface area contributed by atoms with Gasteiger partial charge in [0.15, 0.2) is 5.11 Å². The van der Waals surface area contributed by atoms with Crippen molar-refractivity contribution in [3.63, 3.8) is 0 Å². The van der Waals surface area contributed by atoms with Crippen LogP contribution < -0.4 is 10.2 Å². The van der Waals surface area contributed by atoms with Gasteiger partial charge < -0.3 is 5.32 Å². The smallest absolute Gasteiger partial charge is 0.178 e. The van der Waals surface area contributed by atoms with Gasteiger partial charge >= 0.3 is 0 Å². The van der Waals surface area contributed by atoms with Crippen LogP contribution in [0.5, 0.6) is 0 Å². The molecule has 1 aromatic carbocycles. The van der Waals surface area contributed by atoms with E-state index in [-0.39, 0.29) is 5.54 Å². The molecule has 0 saturated carbocycles. The quantitative estimate of drug-likeness (QED) is 0.786. The lowest BCUT2D eigenvalue weighted by molar-refractivity contribution is 0.566. The molecule has 0 bridgehead atoms. The summed E-state index contributed by atoms with van der Waals surface area (Å²) in [6.07, 6.45) is 3.94. The summed E-state index contributed by atoms with van der Waals surface area (Å²) in [6.45, 7) is 4.10. The average Bonchev–Trinajstić information content (AvgIpc) is 2.22. The molecule has 0 unspecified atom stereocenters. The van der Waals surface area contributed by atoms with Crippen LogP contribution in [0.1, 0.15) is 13.8 Å². The molecule has 0 spiro atoms. The van der Waals surface area contributed by atoms with Gasteiger partial charge in [-0.25, -0.2) is 0 Å². The van der Waals surface area contributed by atoms with Crippen LogP contribution in [-0.2, 0) is 0 Å². The van der Waals surface area contributed by atoms with Crippen molar-refractivity contribution >= 4 is 46.2 Å². The Morgan fingerprint density at radius 3 is 2.65 bits per heavy atom. The van der Waals surface area contributed by atoms with Gasteiger partial charge in [0, 0.05) is 6.20 Å². The maximum atomic E-state index is 6.17. The van der Waals surface area contributed by atoms with E-state index < -0.39 is 0 Å². The first kappa shape index (κ1) is 12.7. The van der Waals surface area contributed by atoms with E-state index in [1.165, 1.54) is 0 Å². The van der Waals surface area contributed by atoms with E-state index in [0.29, 0.717) is 15.2 Å². The Labute approximate surface area is 116 Å². The second-order valence-electron chi connectivity index (χ2n) is 4.41. The zero-order valence-electron chi connectivity index (χ0n) is 9.50. The second kappa shape index (κ2) is 4.48. The summed E-state index contributed by atoms with van der Waals surface area (Å²) in [6, 6.07) is 5.48. The van der Waals surface area contributed by atoms with E-state index in [0.717, 1.165) is 5.69 Å². The van der Waals surface area contributed by atoms with Crippen molar-refractivity contribution in [3.8, 4) is 0 Å². The fourth-order valence-electron chi connectivity index (χ4n) is 1.57. The Kier molecular flexibility index (Phi) is 3.34. The summed E-state index contributed by atoms with van der Waals surface area (Å²) >= 11 is 17.5. The highest BCUT2D eigenvalue weighted by molar-refractivity contribution is 7.80. The first-order chi connectivity index (χ1) is 7.91. The number of nitrogens with zero attached hydrogens (tertiary/aromatic N) is 1. The molecule has 0 aliphatic carbocycles. The fraction of sp³-hybridized carbons (Fsp3) is 0.250. The van der Waals surface area contributed by atoms with Crippen LogP contribution >= 0.6 is 35.4 Å². The van der Waals surface area contributed by atoms with Crippen molar-refractivity contribution in [2.75, 3.05) is 4.90 Å². The van der Waals surface area contributed by atoms with E-state index in [2.05, 4.69) is 5.32 Å². The Balaban J connectivity index is 2.42. The molecule has 2 rings (SSSR count). The van der Waals surface area contributed by atoms with Gasteiger partial charge in [0.25, 0.3) is 0 Å². The lowest BCUT2D eigenvalue weighted by Crippen LogP contribution is -2.51. The highest BCUT2D eigenvalue weighted by atomic mass is 35.5. The molecule has 1 aliphatic rings. The third-order valence-electron chi connectivity index (χ3n) is 2.48. The number of hydrogen-bond donors (Lipinski definition) is 1. The minimum atomic E-state index is -0.140. The molecule has 0 atom stereocenters. The Morgan fingerprint density at radius 1 is 1.29 bits per heavy atom. The number of thiocarbonyl (C=S) groups is 1. The van der Waals surface area contributed by atoms with Gasteiger partial charge in [-0.05, 0) is 44.3 Å².